The molecule has 3 aromatic heterocycles. The van der Waals surface area contributed by atoms with Gasteiger partial charge in [0.25, 0.3) is 0 Å². The minimum atomic E-state index is -0.771. The van der Waals surface area contributed by atoms with Crippen LogP contribution in [-0.4, -0.2) is 29.8 Å². The number of aromatic nitrogens is 6. The number of nitrogens with zero attached hydrogens (tertiary/aromatic N) is 6. The standard InChI is InChI=1S/C19H20F2N8S/c1-10-8-11(2)29(26-10)12(3)18-24-25-19(30-18)23-16-6-7-28(27-16)9-13-14(20)4-5-15(22)17(13)21/h4-8,12H,9,22H2,1-3H3,(H,23,25,27). The van der Waals surface area contributed by atoms with Crippen LogP contribution in [0, 0.1) is 25.5 Å². The average molecular weight is 430 g/mol. The van der Waals surface area contributed by atoms with Gasteiger partial charge in [0.15, 0.2) is 11.6 Å². The molecule has 30 heavy (non-hydrogen) atoms. The predicted octanol–water partition coefficient (Wildman–Crippen LogP) is 3.81. The summed E-state index contributed by atoms with van der Waals surface area (Å²) in [5.41, 5.74) is 7.28. The van der Waals surface area contributed by atoms with Crippen LogP contribution in [0.3, 0.4) is 0 Å². The molecule has 1 aromatic carbocycles. The molecule has 156 valence electrons. The quantitative estimate of drug-likeness (QED) is 0.451. The summed E-state index contributed by atoms with van der Waals surface area (Å²) in [4.78, 5) is 0. The van der Waals surface area contributed by atoms with E-state index >= 15 is 0 Å². The van der Waals surface area contributed by atoms with Crippen LogP contribution in [0.5, 0.6) is 0 Å². The molecular weight excluding hydrogens is 410 g/mol. The highest BCUT2D eigenvalue weighted by Crippen LogP contribution is 2.27. The molecule has 3 N–H and O–H groups in total. The molecule has 0 radical (unpaired) electrons. The van der Waals surface area contributed by atoms with Gasteiger partial charge in [-0.2, -0.15) is 10.2 Å². The molecule has 8 nitrogen and oxygen atoms in total. The Morgan fingerprint density at radius 3 is 2.70 bits per heavy atom. The highest BCUT2D eigenvalue weighted by molar-refractivity contribution is 7.15. The second kappa shape index (κ2) is 7.82. The molecule has 4 aromatic rings. The first-order chi connectivity index (χ1) is 14.3. The fourth-order valence-electron chi connectivity index (χ4n) is 3.15. The topological polar surface area (TPSA) is 99.5 Å². The number of benzene rings is 1. The molecule has 0 saturated carbocycles. The van der Waals surface area contributed by atoms with Crippen LogP contribution in [0.4, 0.5) is 25.4 Å². The van der Waals surface area contributed by atoms with Crippen LogP contribution in [0.1, 0.15) is 34.9 Å². The third kappa shape index (κ3) is 3.88. The van der Waals surface area contributed by atoms with Crippen LogP contribution >= 0.6 is 11.3 Å². The summed E-state index contributed by atoms with van der Waals surface area (Å²) in [5, 5.41) is 21.6. The van der Waals surface area contributed by atoms with Gasteiger partial charge in [-0.1, -0.05) is 11.3 Å². The monoisotopic (exact) mass is 430 g/mol. The number of hydrogen-bond acceptors (Lipinski definition) is 7. The zero-order chi connectivity index (χ0) is 21.4. The maximum atomic E-state index is 14.1. The van der Waals surface area contributed by atoms with Crippen LogP contribution in [0.15, 0.2) is 30.5 Å². The Labute approximate surface area is 175 Å². The van der Waals surface area contributed by atoms with Crippen molar-refractivity contribution in [3.8, 4) is 0 Å². The molecule has 1 unspecified atom stereocenters. The highest BCUT2D eigenvalue weighted by atomic mass is 32.1. The van der Waals surface area contributed by atoms with Gasteiger partial charge in [-0.3, -0.25) is 9.36 Å². The van der Waals surface area contributed by atoms with Gasteiger partial charge < -0.3 is 11.1 Å². The first-order valence-electron chi connectivity index (χ1n) is 9.21. The van der Waals surface area contributed by atoms with Crippen molar-refractivity contribution in [2.24, 2.45) is 0 Å². The highest BCUT2D eigenvalue weighted by Gasteiger charge is 2.18. The number of nitrogen functional groups attached to an aromatic ring is 1. The first kappa shape index (κ1) is 20.0. The van der Waals surface area contributed by atoms with Crippen molar-refractivity contribution >= 4 is 28.0 Å². The summed E-state index contributed by atoms with van der Waals surface area (Å²) in [5.74, 6) is -0.952. The van der Waals surface area contributed by atoms with E-state index in [-0.39, 0.29) is 23.8 Å². The van der Waals surface area contributed by atoms with Crippen molar-refractivity contribution in [3.05, 3.63) is 64.1 Å². The summed E-state index contributed by atoms with van der Waals surface area (Å²) in [6, 6.07) is 5.98. The lowest BCUT2D eigenvalue weighted by atomic mass is 10.1. The Bertz CT molecular complexity index is 1200. The molecule has 0 saturated heterocycles. The summed E-state index contributed by atoms with van der Waals surface area (Å²) in [7, 11) is 0. The molecule has 0 aliphatic rings. The van der Waals surface area contributed by atoms with Crippen molar-refractivity contribution in [1.82, 2.24) is 29.8 Å². The van der Waals surface area contributed by atoms with Crippen LogP contribution in [0.25, 0.3) is 0 Å². The third-order valence-electron chi connectivity index (χ3n) is 4.62. The van der Waals surface area contributed by atoms with Crippen LogP contribution in [-0.2, 0) is 6.54 Å². The van der Waals surface area contributed by atoms with E-state index in [1.807, 2.05) is 31.5 Å². The van der Waals surface area contributed by atoms with Gasteiger partial charge in [0, 0.05) is 23.5 Å². The molecule has 0 spiro atoms. The third-order valence-corrected chi connectivity index (χ3v) is 5.63. The van der Waals surface area contributed by atoms with E-state index in [4.69, 9.17) is 5.73 Å². The number of hydrogen-bond donors (Lipinski definition) is 2. The largest absolute Gasteiger partial charge is 0.396 e. The molecule has 11 heteroatoms. The SMILES string of the molecule is Cc1cc(C)n(C(C)c2nnc(Nc3ccn(Cc4c(F)ccc(N)c4F)n3)s2)n1. The van der Waals surface area contributed by atoms with E-state index < -0.39 is 11.6 Å². The predicted molar refractivity (Wildman–Crippen MR) is 111 cm³/mol. The van der Waals surface area contributed by atoms with Gasteiger partial charge in [0.05, 0.1) is 17.9 Å². The van der Waals surface area contributed by atoms with Crippen LogP contribution in [0.2, 0.25) is 0 Å². The number of rotatable bonds is 6. The zero-order valence-corrected chi connectivity index (χ0v) is 17.4. The smallest absolute Gasteiger partial charge is 0.211 e. The molecule has 1 atom stereocenters. The summed E-state index contributed by atoms with van der Waals surface area (Å²) >= 11 is 1.39. The van der Waals surface area contributed by atoms with E-state index in [2.05, 4.69) is 25.7 Å². The number of halogens is 2. The molecular formula is C19H20F2N8S. The Hall–Kier alpha value is -3.34. The van der Waals surface area contributed by atoms with E-state index in [1.165, 1.54) is 22.1 Å². The second-order valence-corrected chi connectivity index (χ2v) is 7.95. The summed E-state index contributed by atoms with van der Waals surface area (Å²) in [6.07, 6.45) is 1.62. The molecule has 0 fully saturated rings. The summed E-state index contributed by atoms with van der Waals surface area (Å²) in [6.45, 7) is 5.87. The minimum Gasteiger partial charge on any atom is -0.396 e. The fraction of sp³-hybridized carbons (Fsp3) is 0.263. The van der Waals surface area contributed by atoms with Crippen molar-refractivity contribution < 1.29 is 8.78 Å². The van der Waals surface area contributed by atoms with E-state index in [1.54, 1.807) is 12.3 Å². The number of nitrogens with one attached hydrogen (secondary N) is 1. The van der Waals surface area contributed by atoms with Gasteiger partial charge in [0.1, 0.15) is 16.9 Å². The molecule has 0 aliphatic carbocycles. The van der Waals surface area contributed by atoms with E-state index in [0.717, 1.165) is 22.5 Å². The van der Waals surface area contributed by atoms with Crippen molar-refractivity contribution in [1.29, 1.82) is 0 Å². The zero-order valence-electron chi connectivity index (χ0n) is 16.6. The Morgan fingerprint density at radius 2 is 1.97 bits per heavy atom. The molecule has 0 bridgehead atoms. The van der Waals surface area contributed by atoms with Crippen LogP contribution < -0.4 is 11.1 Å². The molecule has 3 heterocycles. The Kier molecular flexibility index (Phi) is 5.20. The first-order valence-corrected chi connectivity index (χ1v) is 10.0. The Morgan fingerprint density at radius 1 is 1.17 bits per heavy atom. The van der Waals surface area contributed by atoms with Gasteiger partial charge in [-0.25, -0.2) is 8.78 Å². The van der Waals surface area contributed by atoms with Crippen molar-refractivity contribution in [2.45, 2.75) is 33.4 Å². The Balaban J connectivity index is 1.47. The second-order valence-electron chi connectivity index (χ2n) is 6.95. The molecule has 0 aliphatic heterocycles. The van der Waals surface area contributed by atoms with Gasteiger partial charge >= 0.3 is 0 Å². The molecule has 4 rings (SSSR count). The minimum absolute atomic E-state index is 0.0567. The lowest BCUT2D eigenvalue weighted by molar-refractivity contribution is 0.536. The number of nitrogens with two attached hydrogens (primary N) is 1. The van der Waals surface area contributed by atoms with Gasteiger partial charge in [-0.15, -0.1) is 10.2 Å². The van der Waals surface area contributed by atoms with E-state index in [0.29, 0.717) is 10.9 Å². The van der Waals surface area contributed by atoms with E-state index in [9.17, 15) is 8.78 Å². The summed E-state index contributed by atoms with van der Waals surface area (Å²) < 4.78 is 31.4. The lowest BCUT2D eigenvalue weighted by Crippen LogP contribution is -2.10. The van der Waals surface area contributed by atoms with Gasteiger partial charge in [-0.05, 0) is 39.0 Å². The van der Waals surface area contributed by atoms with Crippen molar-refractivity contribution in [3.63, 3.8) is 0 Å². The fourth-order valence-corrected chi connectivity index (χ4v) is 3.93. The number of anilines is 3. The van der Waals surface area contributed by atoms with Gasteiger partial charge in [0.2, 0.25) is 5.13 Å². The normalized spacial score (nSPS) is 12.3. The average Bonchev–Trinajstić information content (AvgIpc) is 3.42. The molecule has 0 amide bonds. The maximum Gasteiger partial charge on any atom is 0.211 e. The lowest BCUT2D eigenvalue weighted by Gasteiger charge is -2.10. The maximum absolute atomic E-state index is 14.1. The number of aryl methyl sites for hydroxylation is 2. The van der Waals surface area contributed by atoms with Crippen molar-refractivity contribution in [2.75, 3.05) is 11.1 Å².